The molecule has 1 aromatic carbocycles. The molecule has 0 saturated carbocycles. The molecule has 0 unspecified atom stereocenters. The summed E-state index contributed by atoms with van der Waals surface area (Å²) in [6, 6.07) is 11.8. The number of benzene rings is 1. The molecule has 172 valence electrons. The van der Waals surface area contributed by atoms with E-state index in [9.17, 15) is 9.50 Å². The summed E-state index contributed by atoms with van der Waals surface area (Å²) in [6.45, 7) is 0. The summed E-state index contributed by atoms with van der Waals surface area (Å²) in [6.07, 6.45) is 7.06. The van der Waals surface area contributed by atoms with Crippen molar-refractivity contribution >= 4 is 27.8 Å². The predicted octanol–water partition coefficient (Wildman–Crippen LogP) is 5.14. The predicted molar refractivity (Wildman–Crippen MR) is 134 cm³/mol. The Hall–Kier alpha value is -4.79. The topological polar surface area (TPSA) is 107 Å². The number of nitrogens with one attached hydrogen (secondary N) is 2. The molecule has 0 amide bonds. The summed E-state index contributed by atoms with van der Waals surface area (Å²) in [5, 5.41) is 19.0. The highest BCUT2D eigenvalue weighted by Crippen LogP contribution is 2.35. The minimum atomic E-state index is -0.509. The molecule has 5 heterocycles. The van der Waals surface area contributed by atoms with Crippen LogP contribution in [0.3, 0.4) is 0 Å². The van der Waals surface area contributed by atoms with Gasteiger partial charge in [-0.1, -0.05) is 0 Å². The molecule has 8 nitrogen and oxygen atoms in total. The quantitative estimate of drug-likeness (QED) is 0.333. The molecule has 5 aromatic heterocycles. The van der Waals surface area contributed by atoms with Gasteiger partial charge in [0.15, 0.2) is 5.65 Å². The van der Waals surface area contributed by atoms with Crippen molar-refractivity contribution in [2.45, 2.75) is 0 Å². The first-order chi connectivity index (χ1) is 17.0. The third kappa shape index (κ3) is 3.63. The van der Waals surface area contributed by atoms with Crippen LogP contribution in [0.15, 0.2) is 67.3 Å². The number of hydrogen-bond acceptors (Lipinski definition) is 6. The van der Waals surface area contributed by atoms with Crippen LogP contribution in [0.5, 0.6) is 5.75 Å². The average molecular weight is 465 g/mol. The summed E-state index contributed by atoms with van der Waals surface area (Å²) in [4.78, 5) is 18.7. The molecule has 6 rings (SSSR count). The number of phenolic OH excluding ortho intramolecular Hbond substituents is 1. The number of H-pyrrole nitrogens is 2. The van der Waals surface area contributed by atoms with E-state index < -0.39 is 5.82 Å². The number of anilines is 1. The van der Waals surface area contributed by atoms with Gasteiger partial charge in [-0.25, -0.2) is 14.4 Å². The SMILES string of the molecule is CN(C)c1cncc(-c2cnc3[nH]nc(-c4cc5c(-c6cc(O)cc(F)c6)ccnc5[nH]4)c3c2)c1. The Morgan fingerprint density at radius 2 is 1.71 bits per heavy atom. The highest BCUT2D eigenvalue weighted by atomic mass is 19.1. The Morgan fingerprint density at radius 1 is 0.857 bits per heavy atom. The van der Waals surface area contributed by atoms with Gasteiger partial charge in [0.25, 0.3) is 0 Å². The van der Waals surface area contributed by atoms with Crippen LogP contribution in [0.1, 0.15) is 0 Å². The molecule has 0 aliphatic heterocycles. The molecule has 9 heteroatoms. The van der Waals surface area contributed by atoms with Crippen LogP contribution in [0, 0.1) is 5.82 Å². The zero-order valence-corrected chi connectivity index (χ0v) is 18.9. The number of aromatic hydroxyl groups is 1. The van der Waals surface area contributed by atoms with Crippen molar-refractivity contribution in [1.29, 1.82) is 0 Å². The Labute approximate surface area is 199 Å². The lowest BCUT2D eigenvalue weighted by molar-refractivity contribution is 0.469. The van der Waals surface area contributed by atoms with Gasteiger partial charge in [0.1, 0.15) is 22.9 Å². The fraction of sp³-hybridized carbons (Fsp3) is 0.0769. The van der Waals surface area contributed by atoms with Crippen molar-refractivity contribution in [1.82, 2.24) is 30.1 Å². The standard InChI is InChI=1S/C26H20FN7O/c1-34(2)18-6-15(11-28-13-18)16-8-22-24(32-33-26(22)30-12-16)23-10-21-20(3-4-29-25(21)31-23)14-5-17(27)9-19(35)7-14/h3-13,35H,1-2H3,(H,29,31)(H,30,32,33). The highest BCUT2D eigenvalue weighted by Gasteiger charge is 2.16. The number of fused-ring (bicyclic) bond motifs is 2. The van der Waals surface area contributed by atoms with Gasteiger partial charge in [0, 0.05) is 60.7 Å². The third-order valence-corrected chi connectivity index (χ3v) is 5.97. The lowest BCUT2D eigenvalue weighted by atomic mass is 10.0. The van der Waals surface area contributed by atoms with Gasteiger partial charge in [-0.2, -0.15) is 5.10 Å². The van der Waals surface area contributed by atoms with Crippen LogP contribution in [0.2, 0.25) is 0 Å². The van der Waals surface area contributed by atoms with E-state index in [1.54, 1.807) is 18.5 Å². The average Bonchev–Trinajstić information content (AvgIpc) is 3.47. The Bertz CT molecular complexity index is 1700. The van der Waals surface area contributed by atoms with Gasteiger partial charge >= 0.3 is 0 Å². The molecule has 0 bridgehead atoms. The highest BCUT2D eigenvalue weighted by molar-refractivity contribution is 5.99. The second kappa shape index (κ2) is 7.91. The lowest BCUT2D eigenvalue weighted by Gasteiger charge is -2.12. The number of halogens is 1. The molecular formula is C26H20FN7O. The molecular weight excluding hydrogens is 445 g/mol. The molecule has 0 saturated heterocycles. The minimum Gasteiger partial charge on any atom is -0.508 e. The summed E-state index contributed by atoms with van der Waals surface area (Å²) in [5.74, 6) is -0.643. The molecule has 0 radical (unpaired) electrons. The third-order valence-electron chi connectivity index (χ3n) is 5.97. The van der Waals surface area contributed by atoms with Crippen LogP contribution in [0.4, 0.5) is 10.1 Å². The van der Waals surface area contributed by atoms with E-state index in [0.29, 0.717) is 22.6 Å². The van der Waals surface area contributed by atoms with Crippen molar-refractivity contribution in [3.8, 4) is 39.4 Å². The van der Waals surface area contributed by atoms with E-state index in [4.69, 9.17) is 0 Å². The van der Waals surface area contributed by atoms with E-state index in [1.165, 1.54) is 12.1 Å². The van der Waals surface area contributed by atoms with E-state index >= 15 is 0 Å². The zero-order valence-electron chi connectivity index (χ0n) is 18.9. The van der Waals surface area contributed by atoms with E-state index in [0.717, 1.165) is 44.9 Å². The molecule has 0 fully saturated rings. The Balaban J connectivity index is 1.48. The second-order valence-corrected chi connectivity index (χ2v) is 8.52. The Morgan fingerprint density at radius 3 is 2.54 bits per heavy atom. The maximum Gasteiger partial charge on any atom is 0.155 e. The summed E-state index contributed by atoms with van der Waals surface area (Å²) in [5.41, 5.74) is 6.88. The van der Waals surface area contributed by atoms with E-state index in [2.05, 4.69) is 36.2 Å². The van der Waals surface area contributed by atoms with Gasteiger partial charge < -0.3 is 15.0 Å². The molecule has 0 spiro atoms. The second-order valence-electron chi connectivity index (χ2n) is 8.52. The van der Waals surface area contributed by atoms with Crippen molar-refractivity contribution in [3.63, 3.8) is 0 Å². The zero-order chi connectivity index (χ0) is 24.1. The normalized spacial score (nSPS) is 11.4. The fourth-order valence-electron chi connectivity index (χ4n) is 4.23. The lowest BCUT2D eigenvalue weighted by Crippen LogP contribution is -2.08. The molecule has 35 heavy (non-hydrogen) atoms. The van der Waals surface area contributed by atoms with E-state index in [1.807, 2.05) is 43.5 Å². The van der Waals surface area contributed by atoms with Gasteiger partial charge in [-0.05, 0) is 47.5 Å². The minimum absolute atomic E-state index is 0.134. The van der Waals surface area contributed by atoms with Crippen molar-refractivity contribution < 1.29 is 9.50 Å². The molecule has 0 atom stereocenters. The number of aromatic amines is 2. The van der Waals surface area contributed by atoms with Gasteiger partial charge in [-0.3, -0.25) is 10.1 Å². The molecule has 0 aliphatic rings. The van der Waals surface area contributed by atoms with Crippen molar-refractivity contribution in [3.05, 3.63) is 73.1 Å². The smallest absolute Gasteiger partial charge is 0.155 e. The van der Waals surface area contributed by atoms with E-state index in [-0.39, 0.29) is 5.75 Å². The number of nitrogens with zero attached hydrogens (tertiary/aromatic N) is 5. The maximum absolute atomic E-state index is 14.0. The van der Waals surface area contributed by atoms with Crippen LogP contribution >= 0.6 is 0 Å². The number of pyridine rings is 3. The first kappa shape index (κ1) is 20.8. The van der Waals surface area contributed by atoms with Crippen LogP contribution in [-0.2, 0) is 0 Å². The summed E-state index contributed by atoms with van der Waals surface area (Å²) in [7, 11) is 3.94. The fourth-order valence-corrected chi connectivity index (χ4v) is 4.23. The largest absolute Gasteiger partial charge is 0.508 e. The monoisotopic (exact) mass is 465 g/mol. The first-order valence-corrected chi connectivity index (χ1v) is 10.9. The first-order valence-electron chi connectivity index (χ1n) is 10.9. The van der Waals surface area contributed by atoms with Crippen molar-refractivity contribution in [2.24, 2.45) is 0 Å². The van der Waals surface area contributed by atoms with Crippen LogP contribution in [-0.4, -0.2) is 49.3 Å². The molecule has 3 N–H and O–H groups in total. The summed E-state index contributed by atoms with van der Waals surface area (Å²) < 4.78 is 14.0. The van der Waals surface area contributed by atoms with Gasteiger partial charge in [-0.15, -0.1) is 0 Å². The molecule has 6 aromatic rings. The molecule has 0 aliphatic carbocycles. The Kier molecular flexibility index (Phi) is 4.70. The number of phenols is 1. The van der Waals surface area contributed by atoms with Gasteiger partial charge in [0.2, 0.25) is 0 Å². The maximum atomic E-state index is 14.0. The number of hydrogen-bond donors (Lipinski definition) is 3. The van der Waals surface area contributed by atoms with Gasteiger partial charge in [0.05, 0.1) is 17.6 Å². The van der Waals surface area contributed by atoms with Crippen molar-refractivity contribution in [2.75, 3.05) is 19.0 Å². The van der Waals surface area contributed by atoms with Crippen LogP contribution < -0.4 is 4.90 Å². The van der Waals surface area contributed by atoms with Crippen LogP contribution in [0.25, 0.3) is 55.7 Å². The number of aromatic nitrogens is 6. The summed E-state index contributed by atoms with van der Waals surface area (Å²) >= 11 is 0. The number of rotatable bonds is 4.